The fourth-order valence-electron chi connectivity index (χ4n) is 4.51. The second kappa shape index (κ2) is 9.12. The van der Waals surface area contributed by atoms with Gasteiger partial charge in [0.25, 0.3) is 5.69 Å². The van der Waals surface area contributed by atoms with Crippen LogP contribution in [-0.4, -0.2) is 80.0 Å². The number of hydrogen-bond acceptors (Lipinski definition) is 9. The summed E-state index contributed by atoms with van der Waals surface area (Å²) in [5, 5.41) is 15.8. The molecule has 0 unspecified atom stereocenters. The smallest absolute Gasteiger partial charge is 0.293 e. The Hall–Kier alpha value is -3.35. The molecule has 3 aromatic rings. The van der Waals surface area contributed by atoms with E-state index in [1.807, 2.05) is 9.80 Å². The van der Waals surface area contributed by atoms with Crippen LogP contribution in [0.5, 0.6) is 0 Å². The summed E-state index contributed by atoms with van der Waals surface area (Å²) < 4.78 is 27.4. The number of nitro groups is 1. The van der Waals surface area contributed by atoms with Crippen molar-refractivity contribution in [3.63, 3.8) is 0 Å². The van der Waals surface area contributed by atoms with Gasteiger partial charge in [0.15, 0.2) is 0 Å². The monoisotopic (exact) mass is 483 g/mol. The molecule has 0 bridgehead atoms. The number of fused-ring (bicyclic) bond motifs is 1. The molecule has 1 N–H and O–H groups in total. The molecule has 2 aliphatic heterocycles. The molecule has 0 radical (unpaired) electrons. The van der Waals surface area contributed by atoms with Crippen molar-refractivity contribution < 1.29 is 13.3 Å². The number of piperazine rings is 2. The lowest BCUT2D eigenvalue weighted by Gasteiger charge is -2.35. The molecular weight excluding hydrogens is 458 g/mol. The van der Waals surface area contributed by atoms with Crippen molar-refractivity contribution in [1.82, 2.24) is 19.6 Å². The van der Waals surface area contributed by atoms with Crippen molar-refractivity contribution in [2.24, 2.45) is 0 Å². The van der Waals surface area contributed by atoms with Gasteiger partial charge >= 0.3 is 0 Å². The molecule has 1 aromatic heterocycles. The number of benzene rings is 2. The van der Waals surface area contributed by atoms with E-state index >= 15 is 0 Å². The Morgan fingerprint density at radius 1 is 0.912 bits per heavy atom. The fraction of sp³-hybridized carbons (Fsp3) is 0.364. The lowest BCUT2D eigenvalue weighted by atomic mass is 10.1. The zero-order chi connectivity index (χ0) is 23.7. The van der Waals surface area contributed by atoms with E-state index in [0.717, 1.165) is 13.1 Å². The minimum Gasteiger partial charge on any atom is -0.363 e. The molecule has 2 fully saturated rings. The van der Waals surface area contributed by atoms with Crippen molar-refractivity contribution in [1.29, 1.82) is 0 Å². The van der Waals surface area contributed by atoms with Crippen LogP contribution in [-0.2, 0) is 10.0 Å². The average molecular weight is 484 g/mol. The Kier molecular flexibility index (Phi) is 6.02. The molecule has 178 valence electrons. The van der Waals surface area contributed by atoms with Crippen LogP contribution in [0.25, 0.3) is 10.9 Å². The van der Waals surface area contributed by atoms with Crippen LogP contribution in [0.2, 0.25) is 0 Å². The number of sulfonamides is 1. The third-order valence-electron chi connectivity index (χ3n) is 6.28. The first-order chi connectivity index (χ1) is 16.4. The highest BCUT2D eigenvalue weighted by atomic mass is 32.2. The third kappa shape index (κ3) is 4.15. The maximum absolute atomic E-state index is 12.9. The molecule has 0 atom stereocenters. The summed E-state index contributed by atoms with van der Waals surface area (Å²) in [5.74, 6) is 0.580. The number of nitrogens with one attached hydrogen (secondary N) is 1. The quantitative estimate of drug-likeness (QED) is 0.424. The Morgan fingerprint density at radius 2 is 1.62 bits per heavy atom. The van der Waals surface area contributed by atoms with Gasteiger partial charge in [-0.3, -0.25) is 10.1 Å². The van der Waals surface area contributed by atoms with Gasteiger partial charge in [-0.05, 0) is 18.2 Å². The van der Waals surface area contributed by atoms with Crippen LogP contribution in [0.4, 0.5) is 17.2 Å². The topological polar surface area (TPSA) is 125 Å². The van der Waals surface area contributed by atoms with Crippen molar-refractivity contribution in [2.75, 3.05) is 62.2 Å². The van der Waals surface area contributed by atoms with Gasteiger partial charge in [-0.25, -0.2) is 18.4 Å². The van der Waals surface area contributed by atoms with Crippen molar-refractivity contribution >= 4 is 38.1 Å². The fourth-order valence-corrected chi connectivity index (χ4v) is 5.95. The van der Waals surface area contributed by atoms with E-state index in [4.69, 9.17) is 0 Å². The Morgan fingerprint density at radius 3 is 2.29 bits per heavy atom. The lowest BCUT2D eigenvalue weighted by molar-refractivity contribution is -0.384. The van der Waals surface area contributed by atoms with E-state index in [1.165, 1.54) is 10.6 Å². The van der Waals surface area contributed by atoms with E-state index in [-0.39, 0.29) is 15.5 Å². The molecular formula is C22H25N7O4S. The van der Waals surface area contributed by atoms with Gasteiger partial charge < -0.3 is 15.1 Å². The SMILES string of the molecule is O=[N+]([O-])c1cc2c(N3CCN(S(=O)(=O)c4ccccc4)CC3)ncnc2cc1N1CCNCC1. The van der Waals surface area contributed by atoms with Gasteiger partial charge in [0, 0.05) is 63.8 Å². The van der Waals surface area contributed by atoms with Gasteiger partial charge in [-0.1, -0.05) is 18.2 Å². The number of anilines is 2. The first kappa shape index (κ1) is 22.4. The first-order valence-electron chi connectivity index (χ1n) is 11.1. The molecule has 2 saturated heterocycles. The maximum Gasteiger partial charge on any atom is 0.293 e. The molecule has 34 heavy (non-hydrogen) atoms. The predicted octanol–water partition coefficient (Wildman–Crippen LogP) is 1.46. The van der Waals surface area contributed by atoms with Crippen molar-refractivity contribution in [3.05, 3.63) is 58.9 Å². The van der Waals surface area contributed by atoms with Gasteiger partial charge in [-0.15, -0.1) is 0 Å². The Labute approximate surface area is 197 Å². The molecule has 12 heteroatoms. The minimum atomic E-state index is -3.57. The van der Waals surface area contributed by atoms with E-state index < -0.39 is 10.0 Å². The third-order valence-corrected chi connectivity index (χ3v) is 8.20. The van der Waals surface area contributed by atoms with Crippen LogP contribution in [0.15, 0.2) is 53.7 Å². The zero-order valence-electron chi connectivity index (χ0n) is 18.5. The summed E-state index contributed by atoms with van der Waals surface area (Å²) in [5.41, 5.74) is 1.21. The molecule has 0 saturated carbocycles. The molecule has 5 rings (SSSR count). The highest BCUT2D eigenvalue weighted by Crippen LogP contribution is 2.36. The van der Waals surface area contributed by atoms with E-state index in [1.54, 1.807) is 42.5 Å². The first-order valence-corrected chi connectivity index (χ1v) is 12.6. The summed E-state index contributed by atoms with van der Waals surface area (Å²) in [6.45, 7) is 4.33. The van der Waals surface area contributed by atoms with Gasteiger partial charge in [0.05, 0.1) is 15.3 Å². The van der Waals surface area contributed by atoms with Crippen molar-refractivity contribution in [3.8, 4) is 0 Å². The molecule has 2 aromatic carbocycles. The van der Waals surface area contributed by atoms with E-state index in [0.29, 0.717) is 61.7 Å². The van der Waals surface area contributed by atoms with Crippen LogP contribution in [0.1, 0.15) is 0 Å². The summed E-state index contributed by atoms with van der Waals surface area (Å²) >= 11 is 0. The number of aromatic nitrogens is 2. The van der Waals surface area contributed by atoms with Gasteiger partial charge in [0.2, 0.25) is 10.0 Å². The van der Waals surface area contributed by atoms with Crippen molar-refractivity contribution in [2.45, 2.75) is 4.90 Å². The zero-order valence-corrected chi connectivity index (χ0v) is 19.3. The number of hydrogen-bond donors (Lipinski definition) is 1. The van der Waals surface area contributed by atoms with E-state index in [9.17, 15) is 18.5 Å². The summed E-state index contributed by atoms with van der Waals surface area (Å²) in [6, 6.07) is 11.7. The second-order valence-electron chi connectivity index (χ2n) is 8.25. The summed E-state index contributed by atoms with van der Waals surface area (Å²) in [7, 11) is -3.57. The average Bonchev–Trinajstić information content (AvgIpc) is 2.88. The molecule has 3 heterocycles. The second-order valence-corrected chi connectivity index (χ2v) is 10.2. The number of nitrogens with zero attached hydrogens (tertiary/aromatic N) is 6. The number of nitro benzene ring substituents is 1. The highest BCUT2D eigenvalue weighted by Gasteiger charge is 2.30. The predicted molar refractivity (Wildman–Crippen MR) is 129 cm³/mol. The summed E-state index contributed by atoms with van der Waals surface area (Å²) in [6.07, 6.45) is 1.46. The van der Waals surface area contributed by atoms with Gasteiger partial charge in [0.1, 0.15) is 17.8 Å². The molecule has 11 nitrogen and oxygen atoms in total. The van der Waals surface area contributed by atoms with Crippen LogP contribution < -0.4 is 15.1 Å². The molecule has 0 spiro atoms. The summed E-state index contributed by atoms with van der Waals surface area (Å²) in [4.78, 5) is 24.6. The lowest BCUT2D eigenvalue weighted by Crippen LogP contribution is -2.49. The maximum atomic E-state index is 12.9. The largest absolute Gasteiger partial charge is 0.363 e. The highest BCUT2D eigenvalue weighted by molar-refractivity contribution is 7.89. The Balaban J connectivity index is 1.43. The number of rotatable bonds is 5. The molecule has 2 aliphatic rings. The molecule has 0 aliphatic carbocycles. The van der Waals surface area contributed by atoms with Crippen LogP contribution in [0, 0.1) is 10.1 Å². The van der Waals surface area contributed by atoms with Crippen LogP contribution in [0.3, 0.4) is 0 Å². The van der Waals surface area contributed by atoms with E-state index in [2.05, 4.69) is 15.3 Å². The standard InChI is InChI=1S/C22H25N7O4S/c30-29(31)21-14-18-19(15-20(21)26-8-6-23-7-9-26)24-16-25-22(18)27-10-12-28(13-11-27)34(32,33)17-4-2-1-3-5-17/h1-5,14-16,23H,6-13H2. The minimum absolute atomic E-state index is 0.0238. The van der Waals surface area contributed by atoms with Gasteiger partial charge in [-0.2, -0.15) is 4.31 Å². The molecule has 0 amide bonds. The normalized spacial score (nSPS) is 17.8. The Bertz CT molecular complexity index is 1310. The van der Waals surface area contributed by atoms with Crippen LogP contribution >= 0.6 is 0 Å².